The van der Waals surface area contributed by atoms with E-state index in [-0.39, 0.29) is 18.4 Å². The highest BCUT2D eigenvalue weighted by atomic mass is 16.5. The van der Waals surface area contributed by atoms with Crippen LogP contribution in [0.15, 0.2) is 21.3 Å². The third kappa shape index (κ3) is 4.44. The smallest absolute Gasteiger partial charge is 0.339 e. The first-order chi connectivity index (χ1) is 13.6. The molecule has 1 amide bonds. The molecular weight excluding hydrogens is 374 g/mol. The molecule has 0 radical (unpaired) electrons. The van der Waals surface area contributed by atoms with Crippen molar-refractivity contribution in [2.45, 2.75) is 71.4 Å². The van der Waals surface area contributed by atoms with Gasteiger partial charge in [-0.3, -0.25) is 4.79 Å². The molecule has 29 heavy (non-hydrogen) atoms. The van der Waals surface area contributed by atoms with Crippen LogP contribution in [-0.2, 0) is 22.4 Å². The van der Waals surface area contributed by atoms with Crippen molar-refractivity contribution in [2.75, 3.05) is 0 Å². The van der Waals surface area contributed by atoms with Gasteiger partial charge in [-0.2, -0.15) is 0 Å². The monoisotopic (exact) mass is 401 g/mol. The minimum Gasteiger partial charge on any atom is -0.487 e. The first-order valence-electron chi connectivity index (χ1n) is 9.91. The van der Waals surface area contributed by atoms with E-state index in [0.29, 0.717) is 17.6 Å². The van der Waals surface area contributed by atoms with Crippen molar-refractivity contribution < 1.29 is 23.8 Å². The number of hydrogen-bond acceptors (Lipinski definition) is 5. The Morgan fingerprint density at radius 3 is 2.69 bits per heavy atom. The molecule has 156 valence electrons. The van der Waals surface area contributed by atoms with Crippen LogP contribution in [0.2, 0.25) is 0 Å². The fraction of sp³-hybridized carbons (Fsp3) is 0.500. The van der Waals surface area contributed by atoms with Gasteiger partial charge < -0.3 is 19.6 Å². The van der Waals surface area contributed by atoms with Gasteiger partial charge in [-0.05, 0) is 63.6 Å². The molecular formula is C22H27NO6. The van der Waals surface area contributed by atoms with Gasteiger partial charge in [-0.1, -0.05) is 6.92 Å². The zero-order valence-corrected chi connectivity index (χ0v) is 17.3. The number of amides is 1. The summed E-state index contributed by atoms with van der Waals surface area (Å²) in [5.74, 6) is -0.737. The van der Waals surface area contributed by atoms with E-state index < -0.39 is 23.5 Å². The van der Waals surface area contributed by atoms with Crippen LogP contribution < -0.4 is 15.7 Å². The van der Waals surface area contributed by atoms with Crippen molar-refractivity contribution in [1.82, 2.24) is 5.32 Å². The lowest BCUT2D eigenvalue weighted by Crippen LogP contribution is -2.40. The van der Waals surface area contributed by atoms with Crippen LogP contribution in [0.25, 0.3) is 11.0 Å². The van der Waals surface area contributed by atoms with Gasteiger partial charge in [0.25, 0.3) is 0 Å². The van der Waals surface area contributed by atoms with E-state index in [1.807, 2.05) is 26.8 Å². The van der Waals surface area contributed by atoms with Gasteiger partial charge in [0, 0.05) is 23.4 Å². The number of aryl methyl sites for hydroxylation is 2. The number of hydrogen-bond donors (Lipinski definition) is 2. The molecule has 0 aliphatic carbocycles. The van der Waals surface area contributed by atoms with Gasteiger partial charge in [0.15, 0.2) is 0 Å². The molecule has 0 spiro atoms. The predicted molar refractivity (Wildman–Crippen MR) is 108 cm³/mol. The van der Waals surface area contributed by atoms with Crippen molar-refractivity contribution in [2.24, 2.45) is 0 Å². The molecule has 7 heteroatoms. The van der Waals surface area contributed by atoms with Crippen molar-refractivity contribution in [3.63, 3.8) is 0 Å². The maximum absolute atomic E-state index is 12.5. The predicted octanol–water partition coefficient (Wildman–Crippen LogP) is 3.12. The fourth-order valence-electron chi connectivity index (χ4n) is 3.67. The molecule has 0 bridgehead atoms. The summed E-state index contributed by atoms with van der Waals surface area (Å²) < 4.78 is 11.5. The van der Waals surface area contributed by atoms with E-state index >= 15 is 0 Å². The molecule has 1 aliphatic rings. The standard InChI is InChI=1S/C22H27NO6/c1-5-16(20(25)26)23-19(24)7-6-14-12(2)15-10-13-8-9-22(3,4)29-17(13)11-18(15)28-21(14)27/h10-11,16H,5-9H2,1-4H3,(H,23,24)(H,25,26)/t16-/m0/s1. The van der Waals surface area contributed by atoms with Crippen LogP contribution in [0.1, 0.15) is 56.7 Å². The summed E-state index contributed by atoms with van der Waals surface area (Å²) in [6.07, 6.45) is 2.27. The number of fused-ring (bicyclic) bond motifs is 2. The number of carbonyl (C=O) groups excluding carboxylic acids is 1. The van der Waals surface area contributed by atoms with Gasteiger partial charge in [0.2, 0.25) is 5.91 Å². The van der Waals surface area contributed by atoms with E-state index in [2.05, 4.69) is 5.32 Å². The molecule has 0 fully saturated rings. The van der Waals surface area contributed by atoms with Gasteiger partial charge in [0.1, 0.15) is 23.0 Å². The lowest BCUT2D eigenvalue weighted by atomic mass is 9.92. The fourth-order valence-corrected chi connectivity index (χ4v) is 3.67. The number of carboxylic acids is 1. The molecule has 2 N–H and O–H groups in total. The van der Waals surface area contributed by atoms with E-state index in [1.54, 1.807) is 13.0 Å². The number of nitrogens with one attached hydrogen (secondary N) is 1. The summed E-state index contributed by atoms with van der Waals surface area (Å²) in [6.45, 7) is 7.59. The van der Waals surface area contributed by atoms with Crippen molar-refractivity contribution in [3.8, 4) is 5.75 Å². The van der Waals surface area contributed by atoms with Gasteiger partial charge in [-0.25, -0.2) is 9.59 Å². The largest absolute Gasteiger partial charge is 0.487 e. The lowest BCUT2D eigenvalue weighted by Gasteiger charge is -2.32. The minimum atomic E-state index is -1.07. The maximum atomic E-state index is 12.5. The summed E-state index contributed by atoms with van der Waals surface area (Å²) in [7, 11) is 0. The first kappa shape index (κ1) is 20.9. The third-order valence-electron chi connectivity index (χ3n) is 5.49. The molecule has 2 heterocycles. The maximum Gasteiger partial charge on any atom is 0.339 e. The van der Waals surface area contributed by atoms with Gasteiger partial charge in [0.05, 0.1) is 0 Å². The summed E-state index contributed by atoms with van der Waals surface area (Å²) in [5.41, 5.74) is 2.02. The summed E-state index contributed by atoms with van der Waals surface area (Å²) in [4.78, 5) is 35.7. The Balaban J connectivity index is 1.85. The van der Waals surface area contributed by atoms with Gasteiger partial charge in [-0.15, -0.1) is 0 Å². The molecule has 3 rings (SSSR count). The summed E-state index contributed by atoms with van der Waals surface area (Å²) in [6, 6.07) is 2.85. The SMILES string of the molecule is CC[C@H](NC(=O)CCc1c(C)c2cc3c(cc2oc1=O)OC(C)(C)CC3)C(=O)O. The molecule has 0 saturated heterocycles. The van der Waals surface area contributed by atoms with Gasteiger partial charge >= 0.3 is 11.6 Å². The topological polar surface area (TPSA) is 106 Å². The highest BCUT2D eigenvalue weighted by Gasteiger charge is 2.27. The molecule has 2 aromatic rings. The van der Waals surface area contributed by atoms with Crippen molar-refractivity contribution >= 4 is 22.8 Å². The quantitative estimate of drug-likeness (QED) is 0.721. The molecule has 0 unspecified atom stereocenters. The van der Waals surface area contributed by atoms with Crippen LogP contribution in [-0.4, -0.2) is 28.6 Å². The summed E-state index contributed by atoms with van der Waals surface area (Å²) >= 11 is 0. The normalized spacial score (nSPS) is 16.0. The van der Waals surface area contributed by atoms with Crippen molar-refractivity contribution in [1.29, 1.82) is 0 Å². The number of carboxylic acid groups (broad SMARTS) is 1. The van der Waals surface area contributed by atoms with Crippen LogP contribution in [0, 0.1) is 6.92 Å². The van der Waals surface area contributed by atoms with Crippen LogP contribution in [0.4, 0.5) is 0 Å². The number of benzene rings is 1. The van der Waals surface area contributed by atoms with E-state index in [1.165, 1.54) is 0 Å². The summed E-state index contributed by atoms with van der Waals surface area (Å²) in [5, 5.41) is 12.4. The number of ether oxygens (including phenoxy) is 1. The highest BCUT2D eigenvalue weighted by molar-refractivity contribution is 5.85. The number of rotatable bonds is 6. The molecule has 1 aromatic heterocycles. The molecule has 7 nitrogen and oxygen atoms in total. The zero-order valence-electron chi connectivity index (χ0n) is 17.3. The molecule has 1 aromatic carbocycles. The third-order valence-corrected chi connectivity index (χ3v) is 5.49. The van der Waals surface area contributed by atoms with Crippen LogP contribution in [0.5, 0.6) is 5.75 Å². The van der Waals surface area contributed by atoms with E-state index in [0.717, 1.165) is 35.1 Å². The minimum absolute atomic E-state index is 0.0170. The molecule has 0 saturated carbocycles. The Morgan fingerprint density at radius 1 is 1.31 bits per heavy atom. The van der Waals surface area contributed by atoms with Crippen LogP contribution in [0.3, 0.4) is 0 Å². The average molecular weight is 401 g/mol. The second kappa shape index (κ2) is 7.89. The first-order valence-corrected chi connectivity index (χ1v) is 9.91. The highest BCUT2D eigenvalue weighted by Crippen LogP contribution is 2.36. The molecule has 1 aliphatic heterocycles. The second-order valence-electron chi connectivity index (χ2n) is 8.18. The van der Waals surface area contributed by atoms with E-state index in [4.69, 9.17) is 14.3 Å². The average Bonchev–Trinajstić information content (AvgIpc) is 2.63. The van der Waals surface area contributed by atoms with E-state index in [9.17, 15) is 14.4 Å². The van der Waals surface area contributed by atoms with Crippen LogP contribution >= 0.6 is 0 Å². The Kier molecular flexibility index (Phi) is 5.68. The molecule has 1 atom stereocenters. The Hall–Kier alpha value is -2.83. The second-order valence-corrected chi connectivity index (χ2v) is 8.18. The Labute approximate surface area is 169 Å². The number of aliphatic carboxylic acids is 1. The van der Waals surface area contributed by atoms with Crippen molar-refractivity contribution in [3.05, 3.63) is 39.2 Å². The Bertz CT molecular complexity index is 1020. The Morgan fingerprint density at radius 2 is 2.03 bits per heavy atom. The lowest BCUT2D eigenvalue weighted by molar-refractivity contribution is -0.141. The number of carbonyl (C=O) groups is 2. The zero-order chi connectivity index (χ0) is 21.3.